The van der Waals surface area contributed by atoms with E-state index in [4.69, 9.17) is 10.5 Å². The Hall–Kier alpha value is -0.420. The molecule has 0 saturated carbocycles. The third kappa shape index (κ3) is 2.78. The second-order valence-electron chi connectivity index (χ2n) is 4.03. The Bertz CT molecular complexity index is 281. The van der Waals surface area contributed by atoms with Gasteiger partial charge in [-0.25, -0.2) is 0 Å². The average Bonchev–Trinajstić information content (AvgIpc) is 2.81. The Morgan fingerprint density at radius 1 is 1.47 bits per heavy atom. The normalized spacial score (nSPS) is 20.3. The highest BCUT2D eigenvalue weighted by molar-refractivity contribution is 7.09. The summed E-state index contributed by atoms with van der Waals surface area (Å²) in [5, 5.41) is 5.70. The fraction of sp³-hybridized carbons (Fsp3) is 0.636. The molecule has 4 heteroatoms. The first-order chi connectivity index (χ1) is 7.35. The molecule has 1 saturated heterocycles. The smallest absolute Gasteiger partial charge is 0.0484 e. The standard InChI is InChI=1S/C11H18N2OS/c12-9-11(3-5-14-6-4-11)13-8-10-2-1-7-15-10/h1-2,7,13H,3-6,8-9,12H2. The lowest BCUT2D eigenvalue weighted by molar-refractivity contribution is 0.0408. The number of hydrogen-bond acceptors (Lipinski definition) is 4. The molecule has 1 aromatic heterocycles. The third-order valence-electron chi connectivity index (χ3n) is 3.06. The molecule has 3 nitrogen and oxygen atoms in total. The van der Waals surface area contributed by atoms with Crippen molar-refractivity contribution in [2.24, 2.45) is 5.73 Å². The lowest BCUT2D eigenvalue weighted by Gasteiger charge is -2.37. The molecule has 1 fully saturated rings. The highest BCUT2D eigenvalue weighted by atomic mass is 32.1. The lowest BCUT2D eigenvalue weighted by atomic mass is 9.90. The molecule has 3 N–H and O–H groups in total. The predicted molar refractivity (Wildman–Crippen MR) is 63.0 cm³/mol. The van der Waals surface area contributed by atoms with Crippen LogP contribution in [-0.4, -0.2) is 25.3 Å². The van der Waals surface area contributed by atoms with Crippen LogP contribution in [-0.2, 0) is 11.3 Å². The van der Waals surface area contributed by atoms with Crippen molar-refractivity contribution in [2.75, 3.05) is 19.8 Å². The minimum Gasteiger partial charge on any atom is -0.381 e. The van der Waals surface area contributed by atoms with Crippen LogP contribution in [0.2, 0.25) is 0 Å². The van der Waals surface area contributed by atoms with E-state index >= 15 is 0 Å². The van der Waals surface area contributed by atoms with Crippen LogP contribution in [0, 0.1) is 0 Å². The van der Waals surface area contributed by atoms with E-state index in [1.54, 1.807) is 11.3 Å². The van der Waals surface area contributed by atoms with Crippen LogP contribution in [0.1, 0.15) is 17.7 Å². The Morgan fingerprint density at radius 3 is 2.87 bits per heavy atom. The first-order valence-electron chi connectivity index (χ1n) is 5.40. The number of hydrogen-bond donors (Lipinski definition) is 2. The summed E-state index contributed by atoms with van der Waals surface area (Å²) in [6, 6.07) is 4.24. The quantitative estimate of drug-likeness (QED) is 0.814. The van der Waals surface area contributed by atoms with E-state index in [9.17, 15) is 0 Å². The molecule has 0 spiro atoms. The van der Waals surface area contributed by atoms with E-state index in [-0.39, 0.29) is 5.54 Å². The van der Waals surface area contributed by atoms with Crippen LogP contribution < -0.4 is 11.1 Å². The van der Waals surface area contributed by atoms with Crippen LogP contribution >= 0.6 is 11.3 Å². The molecule has 15 heavy (non-hydrogen) atoms. The molecule has 0 bridgehead atoms. The monoisotopic (exact) mass is 226 g/mol. The maximum absolute atomic E-state index is 5.86. The molecule has 0 unspecified atom stereocenters. The van der Waals surface area contributed by atoms with Crippen LogP contribution in [0.3, 0.4) is 0 Å². The summed E-state index contributed by atoms with van der Waals surface area (Å²) >= 11 is 1.79. The maximum Gasteiger partial charge on any atom is 0.0484 e. The molecule has 1 aliphatic heterocycles. The Balaban J connectivity index is 1.89. The first-order valence-corrected chi connectivity index (χ1v) is 6.28. The summed E-state index contributed by atoms with van der Waals surface area (Å²) in [7, 11) is 0. The molecule has 2 rings (SSSR count). The van der Waals surface area contributed by atoms with Gasteiger partial charge in [0, 0.05) is 36.7 Å². The van der Waals surface area contributed by atoms with E-state index < -0.39 is 0 Å². The molecule has 2 heterocycles. The van der Waals surface area contributed by atoms with Gasteiger partial charge in [0.15, 0.2) is 0 Å². The molecule has 0 aromatic carbocycles. The fourth-order valence-electron chi connectivity index (χ4n) is 1.90. The molecule has 1 aromatic rings. The van der Waals surface area contributed by atoms with Gasteiger partial charge in [-0.3, -0.25) is 0 Å². The second kappa shape index (κ2) is 5.07. The summed E-state index contributed by atoms with van der Waals surface area (Å²) in [4.78, 5) is 1.37. The summed E-state index contributed by atoms with van der Waals surface area (Å²) in [6.07, 6.45) is 2.05. The number of nitrogens with two attached hydrogens (primary N) is 1. The first kappa shape index (κ1) is 11.1. The zero-order valence-electron chi connectivity index (χ0n) is 8.87. The minimum absolute atomic E-state index is 0.0994. The highest BCUT2D eigenvalue weighted by Gasteiger charge is 2.30. The largest absolute Gasteiger partial charge is 0.381 e. The second-order valence-corrected chi connectivity index (χ2v) is 5.06. The van der Waals surface area contributed by atoms with E-state index in [1.807, 2.05) is 0 Å². The van der Waals surface area contributed by atoms with Gasteiger partial charge in [-0.1, -0.05) is 6.07 Å². The topological polar surface area (TPSA) is 47.3 Å². The van der Waals surface area contributed by atoms with Crippen molar-refractivity contribution < 1.29 is 4.74 Å². The Labute approximate surface area is 94.6 Å². The van der Waals surface area contributed by atoms with Crippen LogP contribution in [0.25, 0.3) is 0 Å². The Kier molecular flexibility index (Phi) is 3.75. The van der Waals surface area contributed by atoms with Crippen molar-refractivity contribution in [2.45, 2.75) is 24.9 Å². The Morgan fingerprint density at radius 2 is 2.27 bits per heavy atom. The number of nitrogens with one attached hydrogen (secondary N) is 1. The van der Waals surface area contributed by atoms with Crippen LogP contribution in [0.5, 0.6) is 0 Å². The third-order valence-corrected chi connectivity index (χ3v) is 3.93. The predicted octanol–water partition coefficient (Wildman–Crippen LogP) is 1.35. The van der Waals surface area contributed by atoms with Gasteiger partial charge < -0.3 is 15.8 Å². The van der Waals surface area contributed by atoms with Crippen molar-refractivity contribution in [3.8, 4) is 0 Å². The van der Waals surface area contributed by atoms with Gasteiger partial charge in [-0.15, -0.1) is 11.3 Å². The molecular formula is C11H18N2OS. The van der Waals surface area contributed by atoms with Crippen molar-refractivity contribution >= 4 is 11.3 Å². The summed E-state index contributed by atoms with van der Waals surface area (Å²) in [5.74, 6) is 0. The van der Waals surface area contributed by atoms with Crippen molar-refractivity contribution in [3.63, 3.8) is 0 Å². The van der Waals surface area contributed by atoms with Gasteiger partial charge in [-0.2, -0.15) is 0 Å². The average molecular weight is 226 g/mol. The van der Waals surface area contributed by atoms with Crippen molar-refractivity contribution in [1.82, 2.24) is 5.32 Å². The van der Waals surface area contributed by atoms with E-state index in [0.29, 0.717) is 6.54 Å². The van der Waals surface area contributed by atoms with E-state index in [1.165, 1.54) is 4.88 Å². The molecule has 0 radical (unpaired) electrons. The molecule has 0 amide bonds. The molecule has 1 aliphatic rings. The zero-order chi connectivity index (χ0) is 10.6. The summed E-state index contributed by atoms with van der Waals surface area (Å²) < 4.78 is 5.37. The fourth-order valence-corrected chi connectivity index (χ4v) is 2.55. The highest BCUT2D eigenvalue weighted by Crippen LogP contribution is 2.20. The van der Waals surface area contributed by atoms with Crippen LogP contribution in [0.4, 0.5) is 0 Å². The van der Waals surface area contributed by atoms with Gasteiger partial charge in [0.2, 0.25) is 0 Å². The summed E-state index contributed by atoms with van der Waals surface area (Å²) in [5.41, 5.74) is 5.96. The van der Waals surface area contributed by atoms with Gasteiger partial charge in [0.05, 0.1) is 0 Å². The molecule has 0 atom stereocenters. The van der Waals surface area contributed by atoms with E-state index in [2.05, 4.69) is 22.8 Å². The lowest BCUT2D eigenvalue weighted by Crippen LogP contribution is -2.54. The summed E-state index contributed by atoms with van der Waals surface area (Å²) in [6.45, 7) is 3.28. The van der Waals surface area contributed by atoms with Gasteiger partial charge in [0.1, 0.15) is 0 Å². The molecular weight excluding hydrogens is 208 g/mol. The number of thiophene rings is 1. The maximum atomic E-state index is 5.86. The number of ether oxygens (including phenoxy) is 1. The minimum atomic E-state index is 0.0994. The molecule has 0 aliphatic carbocycles. The van der Waals surface area contributed by atoms with Gasteiger partial charge in [0.25, 0.3) is 0 Å². The van der Waals surface area contributed by atoms with E-state index in [0.717, 1.165) is 32.6 Å². The van der Waals surface area contributed by atoms with Crippen LogP contribution in [0.15, 0.2) is 17.5 Å². The number of rotatable bonds is 4. The van der Waals surface area contributed by atoms with Gasteiger partial charge in [-0.05, 0) is 24.3 Å². The van der Waals surface area contributed by atoms with Crippen molar-refractivity contribution in [3.05, 3.63) is 22.4 Å². The van der Waals surface area contributed by atoms with Crippen molar-refractivity contribution in [1.29, 1.82) is 0 Å². The SMILES string of the molecule is NCC1(NCc2cccs2)CCOCC1. The molecule has 84 valence electrons. The zero-order valence-corrected chi connectivity index (χ0v) is 9.69. The van der Waals surface area contributed by atoms with Gasteiger partial charge >= 0.3 is 0 Å².